The van der Waals surface area contributed by atoms with Crippen molar-refractivity contribution in [3.63, 3.8) is 0 Å². The van der Waals surface area contributed by atoms with E-state index in [1.54, 1.807) is 12.4 Å². The molecule has 1 aromatic heterocycles. The first-order valence-electron chi connectivity index (χ1n) is 7.92. The molecule has 1 amide bonds. The van der Waals surface area contributed by atoms with E-state index in [-0.39, 0.29) is 18.1 Å². The molecule has 2 bridgehead atoms. The lowest BCUT2D eigenvalue weighted by Crippen LogP contribution is -2.40. The SMILES string of the molecule is Cc1cnc(C(=O)N2CC3CCC2C3OCCN(C)C)cn1. The van der Waals surface area contributed by atoms with Gasteiger partial charge in [0.05, 0.1) is 30.6 Å². The highest BCUT2D eigenvalue weighted by molar-refractivity contribution is 5.92. The van der Waals surface area contributed by atoms with Crippen molar-refractivity contribution in [2.24, 2.45) is 5.92 Å². The number of carbonyl (C=O) groups is 1. The quantitative estimate of drug-likeness (QED) is 0.811. The summed E-state index contributed by atoms with van der Waals surface area (Å²) in [5.74, 6) is 0.454. The van der Waals surface area contributed by atoms with Gasteiger partial charge in [-0.15, -0.1) is 0 Å². The zero-order valence-corrected chi connectivity index (χ0v) is 13.5. The zero-order chi connectivity index (χ0) is 15.7. The first-order chi connectivity index (χ1) is 10.6. The molecule has 1 saturated heterocycles. The van der Waals surface area contributed by atoms with Crippen LogP contribution in [0.4, 0.5) is 0 Å². The monoisotopic (exact) mass is 304 g/mol. The Balaban J connectivity index is 1.64. The van der Waals surface area contributed by atoms with Crippen molar-refractivity contribution in [3.8, 4) is 0 Å². The van der Waals surface area contributed by atoms with Gasteiger partial charge in [-0.3, -0.25) is 9.78 Å². The zero-order valence-electron chi connectivity index (χ0n) is 13.5. The van der Waals surface area contributed by atoms with E-state index in [1.165, 1.54) is 0 Å². The van der Waals surface area contributed by atoms with Crippen molar-refractivity contribution < 1.29 is 9.53 Å². The summed E-state index contributed by atoms with van der Waals surface area (Å²) >= 11 is 0. The van der Waals surface area contributed by atoms with Crippen molar-refractivity contribution in [3.05, 3.63) is 23.8 Å². The predicted octanol–water partition coefficient (Wildman–Crippen LogP) is 0.966. The van der Waals surface area contributed by atoms with Crippen molar-refractivity contribution in [2.75, 3.05) is 33.8 Å². The molecule has 3 rings (SSSR count). The molecule has 3 unspecified atom stereocenters. The van der Waals surface area contributed by atoms with Crippen LogP contribution < -0.4 is 0 Å². The van der Waals surface area contributed by atoms with Gasteiger partial charge in [0, 0.05) is 25.2 Å². The van der Waals surface area contributed by atoms with Crippen LogP contribution in [0.15, 0.2) is 12.4 Å². The summed E-state index contributed by atoms with van der Waals surface area (Å²) in [6.07, 6.45) is 5.59. The van der Waals surface area contributed by atoms with E-state index in [2.05, 4.69) is 14.9 Å². The Labute approximate surface area is 131 Å². The van der Waals surface area contributed by atoms with Crippen LogP contribution in [0, 0.1) is 12.8 Å². The van der Waals surface area contributed by atoms with Crippen molar-refractivity contribution in [1.82, 2.24) is 19.8 Å². The largest absolute Gasteiger partial charge is 0.374 e. The molecular weight excluding hydrogens is 280 g/mol. The highest BCUT2D eigenvalue weighted by Crippen LogP contribution is 2.40. The van der Waals surface area contributed by atoms with Gasteiger partial charge in [0.25, 0.3) is 5.91 Å². The number of fused-ring (bicyclic) bond motifs is 2. The van der Waals surface area contributed by atoms with Crippen LogP contribution in [0.3, 0.4) is 0 Å². The third-order valence-electron chi connectivity index (χ3n) is 4.62. The predicted molar refractivity (Wildman–Crippen MR) is 82.6 cm³/mol. The molecule has 0 aromatic carbocycles. The minimum Gasteiger partial charge on any atom is -0.374 e. The van der Waals surface area contributed by atoms with Crippen molar-refractivity contribution in [2.45, 2.75) is 31.9 Å². The molecule has 2 heterocycles. The number of rotatable bonds is 5. The van der Waals surface area contributed by atoms with Crippen molar-refractivity contribution in [1.29, 1.82) is 0 Å². The summed E-state index contributed by atoms with van der Waals surface area (Å²) in [6.45, 7) is 4.28. The van der Waals surface area contributed by atoms with Gasteiger partial charge in [0.1, 0.15) is 5.69 Å². The van der Waals surface area contributed by atoms with Crippen LogP contribution >= 0.6 is 0 Å². The van der Waals surface area contributed by atoms with Crippen LogP contribution in [0.5, 0.6) is 0 Å². The first-order valence-corrected chi connectivity index (χ1v) is 7.92. The number of likely N-dealkylation sites (N-methyl/N-ethyl adjacent to an activating group) is 1. The average molecular weight is 304 g/mol. The molecule has 1 aliphatic carbocycles. The standard InChI is InChI=1S/C16H24N4O2/c1-11-8-18-13(9-17-11)16(21)20-10-12-4-5-14(20)15(12)22-7-6-19(2)3/h8-9,12,14-15H,4-7,10H2,1-3H3. The van der Waals surface area contributed by atoms with Gasteiger partial charge in [-0.1, -0.05) is 0 Å². The lowest BCUT2D eigenvalue weighted by Gasteiger charge is -2.27. The first kappa shape index (κ1) is 15.4. The summed E-state index contributed by atoms with van der Waals surface area (Å²) in [6, 6.07) is 0.197. The Morgan fingerprint density at radius 3 is 2.86 bits per heavy atom. The average Bonchev–Trinajstić information content (AvgIpc) is 3.04. The number of nitrogens with zero attached hydrogens (tertiary/aromatic N) is 4. The minimum absolute atomic E-state index is 0.0130. The summed E-state index contributed by atoms with van der Waals surface area (Å²) in [5, 5.41) is 0. The Kier molecular flexibility index (Phi) is 4.40. The fourth-order valence-corrected chi connectivity index (χ4v) is 3.45. The molecule has 1 saturated carbocycles. The molecular formula is C16H24N4O2. The van der Waals surface area contributed by atoms with Gasteiger partial charge >= 0.3 is 0 Å². The maximum absolute atomic E-state index is 12.6. The number of hydrogen-bond donors (Lipinski definition) is 0. The van der Waals surface area contributed by atoms with E-state index in [4.69, 9.17) is 4.74 Å². The molecule has 0 spiro atoms. The summed E-state index contributed by atoms with van der Waals surface area (Å²) in [7, 11) is 4.08. The second kappa shape index (κ2) is 6.30. The van der Waals surface area contributed by atoms with Crippen molar-refractivity contribution >= 4 is 5.91 Å². The van der Waals surface area contributed by atoms with Crippen LogP contribution in [0.2, 0.25) is 0 Å². The summed E-state index contributed by atoms with van der Waals surface area (Å²) in [4.78, 5) is 25.1. The number of likely N-dealkylation sites (tertiary alicyclic amines) is 1. The Bertz CT molecular complexity index is 531. The Morgan fingerprint density at radius 1 is 1.36 bits per heavy atom. The number of amides is 1. The van der Waals surface area contributed by atoms with Gasteiger partial charge in [0.2, 0.25) is 0 Å². The normalized spacial score (nSPS) is 26.9. The van der Waals surface area contributed by atoms with E-state index in [0.717, 1.165) is 38.2 Å². The second-order valence-corrected chi connectivity index (χ2v) is 6.54. The maximum atomic E-state index is 12.6. The van der Waals surface area contributed by atoms with Gasteiger partial charge in [0.15, 0.2) is 0 Å². The molecule has 2 fully saturated rings. The topological polar surface area (TPSA) is 58.6 Å². The van der Waals surface area contributed by atoms with Crippen LogP contribution in [-0.2, 0) is 4.74 Å². The highest BCUT2D eigenvalue weighted by Gasteiger charge is 2.49. The van der Waals surface area contributed by atoms with Gasteiger partial charge in [-0.2, -0.15) is 0 Å². The lowest BCUT2D eigenvalue weighted by atomic mass is 10.1. The number of hydrogen-bond acceptors (Lipinski definition) is 5. The van der Waals surface area contributed by atoms with Gasteiger partial charge in [-0.05, 0) is 33.9 Å². The lowest BCUT2D eigenvalue weighted by molar-refractivity contribution is 0.0200. The maximum Gasteiger partial charge on any atom is 0.274 e. The van der Waals surface area contributed by atoms with Crippen LogP contribution in [0.25, 0.3) is 0 Å². The summed E-state index contributed by atoms with van der Waals surface area (Å²) in [5.41, 5.74) is 1.26. The molecule has 22 heavy (non-hydrogen) atoms. The smallest absolute Gasteiger partial charge is 0.274 e. The van der Waals surface area contributed by atoms with Gasteiger partial charge < -0.3 is 14.5 Å². The van der Waals surface area contributed by atoms with E-state index in [0.29, 0.717) is 11.6 Å². The van der Waals surface area contributed by atoms with Crippen LogP contribution in [-0.4, -0.2) is 71.6 Å². The molecule has 120 valence electrons. The number of ether oxygens (including phenoxy) is 1. The number of carbonyl (C=O) groups excluding carboxylic acids is 1. The summed E-state index contributed by atoms with van der Waals surface area (Å²) < 4.78 is 6.06. The van der Waals surface area contributed by atoms with E-state index < -0.39 is 0 Å². The molecule has 6 heteroatoms. The second-order valence-electron chi connectivity index (χ2n) is 6.54. The molecule has 0 N–H and O–H groups in total. The molecule has 1 aliphatic heterocycles. The van der Waals surface area contributed by atoms with E-state index >= 15 is 0 Å². The number of aryl methyl sites for hydroxylation is 1. The van der Waals surface area contributed by atoms with Crippen LogP contribution in [0.1, 0.15) is 29.0 Å². The van der Waals surface area contributed by atoms with E-state index in [9.17, 15) is 4.79 Å². The fourth-order valence-electron chi connectivity index (χ4n) is 3.45. The number of piperidine rings is 1. The third kappa shape index (κ3) is 2.98. The number of aromatic nitrogens is 2. The highest BCUT2D eigenvalue weighted by atomic mass is 16.5. The Morgan fingerprint density at radius 2 is 2.18 bits per heavy atom. The fraction of sp³-hybridized carbons (Fsp3) is 0.688. The van der Waals surface area contributed by atoms with E-state index in [1.807, 2.05) is 25.9 Å². The molecule has 0 radical (unpaired) electrons. The van der Waals surface area contributed by atoms with Gasteiger partial charge in [-0.25, -0.2) is 4.98 Å². The Hall–Kier alpha value is -1.53. The third-order valence-corrected chi connectivity index (χ3v) is 4.62. The molecule has 6 nitrogen and oxygen atoms in total. The molecule has 1 aromatic rings. The molecule has 3 atom stereocenters. The minimum atomic E-state index is -0.0130. The molecule has 2 aliphatic rings.